The maximum Gasteiger partial charge on any atom is 0.243 e. The van der Waals surface area contributed by atoms with Crippen LogP contribution in [0.3, 0.4) is 0 Å². The summed E-state index contributed by atoms with van der Waals surface area (Å²) in [4.78, 5) is 5.69. The lowest BCUT2D eigenvalue weighted by Gasteiger charge is -2.20. The Balaban J connectivity index is 2.75. The van der Waals surface area contributed by atoms with Crippen LogP contribution in [0.25, 0.3) is 0 Å². The molecule has 0 saturated carbocycles. The maximum absolute atomic E-state index is 12.0. The standard InChI is InChI=1S/C12H18N4O2S/c1-10(2)16(3)8-7-15-19(17,18)12-5-4-6-14-11(12)9-13/h4-6,10,15H,7-8H2,1-3H3. The molecule has 1 rings (SSSR count). The monoisotopic (exact) mass is 282 g/mol. The van der Waals surface area contributed by atoms with Gasteiger partial charge in [0.1, 0.15) is 11.0 Å². The summed E-state index contributed by atoms with van der Waals surface area (Å²) in [6.45, 7) is 4.95. The first-order chi connectivity index (χ1) is 8.88. The number of nitrogens with one attached hydrogen (secondary N) is 1. The molecule has 0 fully saturated rings. The Morgan fingerprint density at radius 3 is 2.79 bits per heavy atom. The van der Waals surface area contributed by atoms with Gasteiger partial charge in [-0.05, 0) is 33.0 Å². The van der Waals surface area contributed by atoms with Crippen molar-refractivity contribution in [1.29, 1.82) is 5.26 Å². The Morgan fingerprint density at radius 2 is 2.21 bits per heavy atom. The Labute approximate surface area is 114 Å². The lowest BCUT2D eigenvalue weighted by Crippen LogP contribution is -2.36. The second-order valence-electron chi connectivity index (χ2n) is 4.43. The molecule has 7 heteroatoms. The van der Waals surface area contributed by atoms with E-state index in [-0.39, 0.29) is 17.1 Å². The van der Waals surface area contributed by atoms with Crippen LogP contribution < -0.4 is 4.72 Å². The van der Waals surface area contributed by atoms with Gasteiger partial charge in [-0.15, -0.1) is 0 Å². The lowest BCUT2D eigenvalue weighted by atomic mass is 10.3. The second-order valence-corrected chi connectivity index (χ2v) is 6.17. The highest BCUT2D eigenvalue weighted by Crippen LogP contribution is 2.11. The smallest absolute Gasteiger partial charge is 0.243 e. The summed E-state index contributed by atoms with van der Waals surface area (Å²) in [6, 6.07) is 4.99. The molecule has 0 radical (unpaired) electrons. The van der Waals surface area contributed by atoms with Crippen LogP contribution >= 0.6 is 0 Å². The van der Waals surface area contributed by atoms with Crippen LogP contribution in [-0.4, -0.2) is 44.5 Å². The Kier molecular flexibility index (Phi) is 5.42. The van der Waals surface area contributed by atoms with Crippen molar-refractivity contribution in [3.8, 4) is 6.07 Å². The fraction of sp³-hybridized carbons (Fsp3) is 0.500. The average Bonchev–Trinajstić information content (AvgIpc) is 2.38. The Morgan fingerprint density at radius 1 is 1.53 bits per heavy atom. The number of nitriles is 1. The van der Waals surface area contributed by atoms with Crippen molar-refractivity contribution in [1.82, 2.24) is 14.6 Å². The second kappa shape index (κ2) is 6.61. The summed E-state index contributed by atoms with van der Waals surface area (Å²) in [5, 5.41) is 8.86. The first kappa shape index (κ1) is 15.6. The molecule has 19 heavy (non-hydrogen) atoms. The normalized spacial score (nSPS) is 11.8. The number of pyridine rings is 1. The van der Waals surface area contributed by atoms with E-state index in [0.29, 0.717) is 12.6 Å². The zero-order valence-electron chi connectivity index (χ0n) is 11.3. The molecule has 104 valence electrons. The number of sulfonamides is 1. The molecule has 0 saturated heterocycles. The summed E-state index contributed by atoms with van der Waals surface area (Å²) in [5.74, 6) is 0. The quantitative estimate of drug-likeness (QED) is 0.824. The van der Waals surface area contributed by atoms with E-state index in [1.54, 1.807) is 6.07 Å². The number of nitrogens with zero attached hydrogens (tertiary/aromatic N) is 3. The van der Waals surface area contributed by atoms with E-state index in [2.05, 4.69) is 9.71 Å². The molecule has 0 atom stereocenters. The molecule has 0 bridgehead atoms. The third-order valence-corrected chi connectivity index (χ3v) is 4.30. The molecule has 1 aromatic rings. The van der Waals surface area contributed by atoms with Crippen molar-refractivity contribution in [2.45, 2.75) is 24.8 Å². The van der Waals surface area contributed by atoms with E-state index in [0.717, 1.165) is 0 Å². The first-order valence-corrected chi connectivity index (χ1v) is 7.42. The summed E-state index contributed by atoms with van der Waals surface area (Å²) in [5.41, 5.74) is -0.0905. The van der Waals surface area contributed by atoms with Gasteiger partial charge in [-0.2, -0.15) is 5.26 Å². The number of rotatable bonds is 6. The van der Waals surface area contributed by atoms with E-state index < -0.39 is 10.0 Å². The van der Waals surface area contributed by atoms with Gasteiger partial charge in [-0.3, -0.25) is 0 Å². The summed E-state index contributed by atoms with van der Waals surface area (Å²) in [6.07, 6.45) is 1.39. The SMILES string of the molecule is CC(C)N(C)CCNS(=O)(=O)c1cccnc1C#N. The molecule has 1 N–H and O–H groups in total. The first-order valence-electron chi connectivity index (χ1n) is 5.93. The van der Waals surface area contributed by atoms with Crippen molar-refractivity contribution in [3.63, 3.8) is 0 Å². The zero-order valence-corrected chi connectivity index (χ0v) is 12.1. The summed E-state index contributed by atoms with van der Waals surface area (Å²) in [7, 11) is -1.77. The molecule has 0 aliphatic heterocycles. The topological polar surface area (TPSA) is 86.1 Å². The van der Waals surface area contributed by atoms with Crippen molar-refractivity contribution in [2.75, 3.05) is 20.1 Å². The van der Waals surface area contributed by atoms with Gasteiger partial charge >= 0.3 is 0 Å². The average molecular weight is 282 g/mol. The molecule has 1 heterocycles. The summed E-state index contributed by atoms with van der Waals surface area (Å²) >= 11 is 0. The van der Waals surface area contributed by atoms with Crippen LogP contribution in [0, 0.1) is 11.3 Å². The number of likely N-dealkylation sites (N-methyl/N-ethyl adjacent to an activating group) is 1. The van der Waals surface area contributed by atoms with Crippen molar-refractivity contribution < 1.29 is 8.42 Å². The van der Waals surface area contributed by atoms with Gasteiger partial charge in [0.05, 0.1) is 0 Å². The number of hydrogen-bond acceptors (Lipinski definition) is 5. The third-order valence-electron chi connectivity index (χ3n) is 2.80. The molecule has 0 spiro atoms. The van der Waals surface area contributed by atoms with Crippen molar-refractivity contribution in [3.05, 3.63) is 24.0 Å². The molecular formula is C12H18N4O2S. The van der Waals surface area contributed by atoms with Gasteiger partial charge in [0.2, 0.25) is 10.0 Å². The minimum atomic E-state index is -3.69. The molecule has 1 aromatic heterocycles. The number of aromatic nitrogens is 1. The van der Waals surface area contributed by atoms with Gasteiger partial charge in [0.15, 0.2) is 5.69 Å². The highest BCUT2D eigenvalue weighted by molar-refractivity contribution is 7.89. The Hall–Kier alpha value is -1.49. The van der Waals surface area contributed by atoms with Crippen LogP contribution in [-0.2, 0) is 10.0 Å². The van der Waals surface area contributed by atoms with E-state index in [1.807, 2.05) is 25.8 Å². The molecule has 0 amide bonds. The van der Waals surface area contributed by atoms with Crippen LogP contribution in [0.1, 0.15) is 19.5 Å². The van der Waals surface area contributed by atoms with Crippen molar-refractivity contribution >= 4 is 10.0 Å². The molecule has 0 aliphatic carbocycles. The highest BCUT2D eigenvalue weighted by Gasteiger charge is 2.18. The van der Waals surface area contributed by atoms with E-state index in [1.165, 1.54) is 18.3 Å². The van der Waals surface area contributed by atoms with Crippen LogP contribution in [0.5, 0.6) is 0 Å². The fourth-order valence-corrected chi connectivity index (χ4v) is 2.51. The van der Waals surface area contributed by atoms with Crippen molar-refractivity contribution in [2.24, 2.45) is 0 Å². The van der Waals surface area contributed by atoms with E-state index >= 15 is 0 Å². The summed E-state index contributed by atoms with van der Waals surface area (Å²) < 4.78 is 26.6. The molecular weight excluding hydrogens is 264 g/mol. The van der Waals surface area contributed by atoms with Gasteiger partial charge in [-0.25, -0.2) is 18.1 Å². The van der Waals surface area contributed by atoms with E-state index in [4.69, 9.17) is 5.26 Å². The fourth-order valence-electron chi connectivity index (χ4n) is 1.38. The maximum atomic E-state index is 12.0. The minimum Gasteiger partial charge on any atom is -0.303 e. The molecule has 0 unspecified atom stereocenters. The van der Waals surface area contributed by atoms with Crippen LogP contribution in [0.2, 0.25) is 0 Å². The third kappa shape index (κ3) is 4.28. The highest BCUT2D eigenvalue weighted by atomic mass is 32.2. The van der Waals surface area contributed by atoms with E-state index in [9.17, 15) is 8.42 Å². The van der Waals surface area contributed by atoms with Crippen LogP contribution in [0.15, 0.2) is 23.2 Å². The van der Waals surface area contributed by atoms with Gasteiger partial charge in [0, 0.05) is 25.3 Å². The zero-order chi connectivity index (χ0) is 14.5. The predicted octanol–water partition coefficient (Wildman–Crippen LogP) is 0.572. The van der Waals surface area contributed by atoms with Gasteiger partial charge in [0.25, 0.3) is 0 Å². The molecule has 0 aromatic carbocycles. The van der Waals surface area contributed by atoms with Gasteiger partial charge < -0.3 is 4.90 Å². The number of hydrogen-bond donors (Lipinski definition) is 1. The molecule has 6 nitrogen and oxygen atoms in total. The Bertz CT molecular complexity index is 563. The lowest BCUT2D eigenvalue weighted by molar-refractivity contribution is 0.278. The molecule has 0 aliphatic rings. The minimum absolute atomic E-state index is 0.0790. The van der Waals surface area contributed by atoms with Crippen LogP contribution in [0.4, 0.5) is 0 Å². The predicted molar refractivity (Wildman–Crippen MR) is 71.9 cm³/mol. The largest absolute Gasteiger partial charge is 0.303 e. The van der Waals surface area contributed by atoms with Gasteiger partial charge in [-0.1, -0.05) is 0 Å².